The van der Waals surface area contributed by atoms with Crippen LogP contribution in [-0.4, -0.2) is 35.7 Å². The third kappa shape index (κ3) is 3.95. The van der Waals surface area contributed by atoms with Crippen molar-refractivity contribution in [3.05, 3.63) is 0 Å². The summed E-state index contributed by atoms with van der Waals surface area (Å²) in [7, 11) is 0. The maximum absolute atomic E-state index is 12.1. The van der Waals surface area contributed by atoms with Crippen molar-refractivity contribution in [3.8, 4) is 0 Å². The predicted molar refractivity (Wildman–Crippen MR) is 73.3 cm³/mol. The minimum atomic E-state index is -0.452. The van der Waals surface area contributed by atoms with Crippen molar-refractivity contribution in [1.82, 2.24) is 10.6 Å². The van der Waals surface area contributed by atoms with Crippen LogP contribution < -0.4 is 10.6 Å². The SMILES string of the molecule is CCC(CC)C(O)CNC(=O)C1(C)CCCCN1. The lowest BCUT2D eigenvalue weighted by molar-refractivity contribution is -0.128. The molecule has 2 unspecified atom stereocenters. The Balaban J connectivity index is 2.40. The number of aliphatic hydroxyl groups excluding tert-OH is 1. The molecule has 18 heavy (non-hydrogen) atoms. The largest absolute Gasteiger partial charge is 0.391 e. The fourth-order valence-electron chi connectivity index (χ4n) is 2.64. The molecule has 0 radical (unpaired) electrons. The van der Waals surface area contributed by atoms with Gasteiger partial charge in [-0.15, -0.1) is 0 Å². The molecule has 1 rings (SSSR count). The second kappa shape index (κ2) is 7.10. The second-order valence-electron chi connectivity index (χ2n) is 5.57. The van der Waals surface area contributed by atoms with E-state index in [1.807, 2.05) is 6.92 Å². The van der Waals surface area contributed by atoms with E-state index in [1.165, 1.54) is 0 Å². The standard InChI is InChI=1S/C14H28N2O2/c1-4-11(5-2)12(17)10-15-13(18)14(3)8-6-7-9-16-14/h11-12,16-17H,4-10H2,1-3H3,(H,15,18). The Morgan fingerprint density at radius 2 is 2.06 bits per heavy atom. The Labute approximate surface area is 111 Å². The molecule has 106 valence electrons. The van der Waals surface area contributed by atoms with E-state index in [4.69, 9.17) is 0 Å². The Hall–Kier alpha value is -0.610. The molecule has 4 heteroatoms. The number of nitrogens with one attached hydrogen (secondary N) is 2. The number of amides is 1. The van der Waals surface area contributed by atoms with Gasteiger partial charge in [0.2, 0.25) is 5.91 Å². The minimum Gasteiger partial charge on any atom is -0.391 e. The predicted octanol–water partition coefficient (Wildman–Crippen LogP) is 1.43. The third-order valence-corrected chi connectivity index (χ3v) is 4.18. The summed E-state index contributed by atoms with van der Waals surface area (Å²) in [5.41, 5.74) is -0.452. The number of aliphatic hydroxyl groups is 1. The average molecular weight is 256 g/mol. The van der Waals surface area contributed by atoms with E-state index in [2.05, 4.69) is 24.5 Å². The molecule has 0 aromatic rings. The van der Waals surface area contributed by atoms with Gasteiger partial charge in [-0.05, 0) is 38.6 Å². The van der Waals surface area contributed by atoms with Crippen LogP contribution in [0.25, 0.3) is 0 Å². The van der Waals surface area contributed by atoms with Crippen molar-refractivity contribution in [2.24, 2.45) is 5.92 Å². The highest BCUT2D eigenvalue weighted by atomic mass is 16.3. The van der Waals surface area contributed by atoms with E-state index in [0.29, 0.717) is 6.54 Å². The Morgan fingerprint density at radius 3 is 2.56 bits per heavy atom. The Kier molecular flexibility index (Phi) is 6.09. The first-order valence-electron chi connectivity index (χ1n) is 7.25. The van der Waals surface area contributed by atoms with Crippen LogP contribution in [0.2, 0.25) is 0 Å². The molecule has 0 aliphatic carbocycles. The molecule has 3 N–H and O–H groups in total. The van der Waals surface area contributed by atoms with Crippen LogP contribution in [0.4, 0.5) is 0 Å². The molecule has 1 amide bonds. The van der Waals surface area contributed by atoms with Crippen molar-refractivity contribution in [1.29, 1.82) is 0 Å². The summed E-state index contributed by atoms with van der Waals surface area (Å²) in [6, 6.07) is 0. The van der Waals surface area contributed by atoms with Crippen LogP contribution in [0.15, 0.2) is 0 Å². The van der Waals surface area contributed by atoms with Gasteiger partial charge in [0.25, 0.3) is 0 Å². The van der Waals surface area contributed by atoms with Gasteiger partial charge in [-0.25, -0.2) is 0 Å². The number of carbonyl (C=O) groups is 1. The molecule has 1 aliphatic rings. The number of hydrogen-bond acceptors (Lipinski definition) is 3. The van der Waals surface area contributed by atoms with Crippen molar-refractivity contribution in [2.45, 2.75) is 64.5 Å². The summed E-state index contributed by atoms with van der Waals surface area (Å²) in [5, 5.41) is 16.2. The lowest BCUT2D eigenvalue weighted by atomic mass is 9.89. The fraction of sp³-hybridized carbons (Fsp3) is 0.929. The van der Waals surface area contributed by atoms with Gasteiger partial charge in [0.05, 0.1) is 11.6 Å². The first kappa shape index (κ1) is 15.4. The molecule has 1 heterocycles. The monoisotopic (exact) mass is 256 g/mol. The molecule has 0 aromatic carbocycles. The summed E-state index contributed by atoms with van der Waals surface area (Å²) in [6.45, 7) is 7.36. The molecule has 0 saturated carbocycles. The quantitative estimate of drug-likeness (QED) is 0.674. The third-order valence-electron chi connectivity index (χ3n) is 4.18. The minimum absolute atomic E-state index is 0.0206. The highest BCUT2D eigenvalue weighted by molar-refractivity contribution is 5.85. The molecule has 1 fully saturated rings. The van der Waals surface area contributed by atoms with Crippen LogP contribution in [0.1, 0.15) is 52.9 Å². The maximum atomic E-state index is 12.1. The van der Waals surface area contributed by atoms with E-state index >= 15 is 0 Å². The van der Waals surface area contributed by atoms with Crippen LogP contribution in [0.3, 0.4) is 0 Å². The first-order chi connectivity index (χ1) is 8.53. The molecule has 0 spiro atoms. The van der Waals surface area contributed by atoms with Crippen molar-refractivity contribution < 1.29 is 9.90 Å². The van der Waals surface area contributed by atoms with E-state index < -0.39 is 11.6 Å². The molecule has 0 aromatic heterocycles. The van der Waals surface area contributed by atoms with Gasteiger partial charge < -0.3 is 15.7 Å². The Morgan fingerprint density at radius 1 is 1.39 bits per heavy atom. The number of hydrogen-bond donors (Lipinski definition) is 3. The van der Waals surface area contributed by atoms with Gasteiger partial charge in [0, 0.05) is 6.54 Å². The zero-order valence-corrected chi connectivity index (χ0v) is 12.0. The lowest BCUT2D eigenvalue weighted by Crippen LogP contribution is -2.58. The van der Waals surface area contributed by atoms with E-state index in [1.54, 1.807) is 0 Å². The van der Waals surface area contributed by atoms with E-state index in [-0.39, 0.29) is 11.8 Å². The summed E-state index contributed by atoms with van der Waals surface area (Å²) in [5.74, 6) is 0.296. The highest BCUT2D eigenvalue weighted by Gasteiger charge is 2.34. The molecule has 1 aliphatic heterocycles. The molecular weight excluding hydrogens is 228 g/mol. The summed E-state index contributed by atoms with van der Waals surface area (Å²) >= 11 is 0. The smallest absolute Gasteiger partial charge is 0.240 e. The average Bonchev–Trinajstić information content (AvgIpc) is 2.38. The molecular formula is C14H28N2O2. The number of rotatable bonds is 6. The maximum Gasteiger partial charge on any atom is 0.240 e. The summed E-state index contributed by atoms with van der Waals surface area (Å²) in [4.78, 5) is 12.1. The molecule has 4 nitrogen and oxygen atoms in total. The van der Waals surface area contributed by atoms with Crippen molar-refractivity contribution in [2.75, 3.05) is 13.1 Å². The van der Waals surface area contributed by atoms with Gasteiger partial charge in [-0.1, -0.05) is 26.7 Å². The van der Waals surface area contributed by atoms with Crippen LogP contribution >= 0.6 is 0 Å². The second-order valence-corrected chi connectivity index (χ2v) is 5.57. The molecule has 2 atom stereocenters. The normalized spacial score (nSPS) is 26.1. The van der Waals surface area contributed by atoms with Crippen LogP contribution in [0.5, 0.6) is 0 Å². The van der Waals surface area contributed by atoms with Gasteiger partial charge >= 0.3 is 0 Å². The zero-order valence-electron chi connectivity index (χ0n) is 12.0. The van der Waals surface area contributed by atoms with Gasteiger partial charge in [-0.3, -0.25) is 4.79 Å². The summed E-state index contributed by atoms with van der Waals surface area (Å²) < 4.78 is 0. The zero-order chi connectivity index (χ0) is 13.6. The van der Waals surface area contributed by atoms with Crippen LogP contribution in [-0.2, 0) is 4.79 Å². The number of carbonyl (C=O) groups excluding carboxylic acids is 1. The molecule has 0 bridgehead atoms. The van der Waals surface area contributed by atoms with E-state index in [9.17, 15) is 9.90 Å². The van der Waals surface area contributed by atoms with Gasteiger partial charge in [-0.2, -0.15) is 0 Å². The van der Waals surface area contributed by atoms with Crippen molar-refractivity contribution >= 4 is 5.91 Å². The topological polar surface area (TPSA) is 61.4 Å². The number of piperidine rings is 1. The Bertz CT molecular complexity index is 259. The molecule has 1 saturated heterocycles. The lowest BCUT2D eigenvalue weighted by Gasteiger charge is -2.34. The van der Waals surface area contributed by atoms with Crippen molar-refractivity contribution in [3.63, 3.8) is 0 Å². The van der Waals surface area contributed by atoms with Gasteiger partial charge in [0.15, 0.2) is 0 Å². The van der Waals surface area contributed by atoms with E-state index in [0.717, 1.165) is 38.6 Å². The van der Waals surface area contributed by atoms with Crippen LogP contribution in [0, 0.1) is 5.92 Å². The van der Waals surface area contributed by atoms with Gasteiger partial charge in [0.1, 0.15) is 0 Å². The highest BCUT2D eigenvalue weighted by Crippen LogP contribution is 2.19. The first-order valence-corrected chi connectivity index (χ1v) is 7.25. The summed E-state index contributed by atoms with van der Waals surface area (Å²) in [6.07, 6.45) is 4.56. The fourth-order valence-corrected chi connectivity index (χ4v) is 2.64.